The average Bonchev–Trinajstić information content (AvgIpc) is 2.75. The second kappa shape index (κ2) is 10.5. The minimum atomic E-state index is -4.61. The van der Waals surface area contributed by atoms with E-state index in [1.165, 1.54) is 24.4 Å². The number of allylic oxidation sites excluding steroid dienone is 3. The van der Waals surface area contributed by atoms with Gasteiger partial charge in [0.05, 0.1) is 35.3 Å². The SMILES string of the molecule is CCOC1=CC(=O)CC=C1c1ncc(NC(=O)Nc2ccc(CC(C)(C)N)c(C(F)(F)F)c2)c(C)n1. The van der Waals surface area contributed by atoms with E-state index >= 15 is 0 Å². The fraction of sp³-hybridized carbons (Fsp3) is 0.360. The van der Waals surface area contributed by atoms with Gasteiger partial charge in [-0.15, -0.1) is 0 Å². The van der Waals surface area contributed by atoms with Crippen molar-refractivity contribution < 1.29 is 27.5 Å². The third kappa shape index (κ3) is 6.91. The number of halogens is 3. The number of carbonyl (C=O) groups is 2. The molecule has 4 N–H and O–H groups in total. The number of alkyl halides is 3. The largest absolute Gasteiger partial charge is 0.493 e. The number of amides is 2. The topological polar surface area (TPSA) is 119 Å². The van der Waals surface area contributed by atoms with Crippen molar-refractivity contribution in [2.24, 2.45) is 5.73 Å². The number of ether oxygens (including phenoxy) is 1. The van der Waals surface area contributed by atoms with Gasteiger partial charge in [-0.25, -0.2) is 14.8 Å². The molecule has 36 heavy (non-hydrogen) atoms. The zero-order valence-corrected chi connectivity index (χ0v) is 20.4. The summed E-state index contributed by atoms with van der Waals surface area (Å²) in [6.07, 6.45) is 0.0514. The van der Waals surface area contributed by atoms with E-state index in [0.717, 1.165) is 6.07 Å². The number of benzene rings is 1. The molecule has 1 aliphatic rings. The Kier molecular flexibility index (Phi) is 7.83. The Morgan fingerprint density at radius 1 is 1.22 bits per heavy atom. The van der Waals surface area contributed by atoms with E-state index in [-0.39, 0.29) is 35.6 Å². The molecule has 2 amide bonds. The van der Waals surface area contributed by atoms with E-state index in [1.54, 1.807) is 33.8 Å². The molecule has 1 aliphatic carbocycles. The predicted octanol–water partition coefficient (Wildman–Crippen LogP) is 5.00. The molecule has 192 valence electrons. The van der Waals surface area contributed by atoms with Crippen LogP contribution in [0.15, 0.2) is 42.3 Å². The summed E-state index contributed by atoms with van der Waals surface area (Å²) in [5.41, 5.74) is 5.46. The highest BCUT2D eigenvalue weighted by molar-refractivity contribution is 6.00. The van der Waals surface area contributed by atoms with Gasteiger partial charge in [-0.1, -0.05) is 12.1 Å². The summed E-state index contributed by atoms with van der Waals surface area (Å²) in [7, 11) is 0. The number of nitrogens with two attached hydrogens (primary N) is 1. The first-order valence-electron chi connectivity index (χ1n) is 11.3. The van der Waals surface area contributed by atoms with Gasteiger partial charge in [-0.3, -0.25) is 4.79 Å². The molecule has 3 rings (SSSR count). The van der Waals surface area contributed by atoms with E-state index in [2.05, 4.69) is 20.6 Å². The minimum absolute atomic E-state index is 0.0159. The molecule has 2 aromatic rings. The van der Waals surface area contributed by atoms with Crippen LogP contribution in [0.5, 0.6) is 0 Å². The molecular formula is C25H28F3N5O3. The Morgan fingerprint density at radius 3 is 2.56 bits per heavy atom. The molecule has 11 heteroatoms. The molecule has 0 fully saturated rings. The first kappa shape index (κ1) is 26.9. The van der Waals surface area contributed by atoms with E-state index in [4.69, 9.17) is 10.5 Å². The summed E-state index contributed by atoms with van der Waals surface area (Å²) in [5.74, 6) is 0.592. The molecule has 0 spiro atoms. The number of nitrogens with one attached hydrogen (secondary N) is 2. The molecule has 8 nitrogen and oxygen atoms in total. The fourth-order valence-electron chi connectivity index (χ4n) is 3.63. The number of nitrogens with zero attached hydrogens (tertiary/aromatic N) is 2. The molecule has 0 atom stereocenters. The Bertz CT molecular complexity index is 1230. The van der Waals surface area contributed by atoms with Crippen LogP contribution in [0, 0.1) is 6.92 Å². The van der Waals surface area contributed by atoms with E-state index in [9.17, 15) is 22.8 Å². The van der Waals surface area contributed by atoms with E-state index < -0.39 is 23.3 Å². The lowest BCUT2D eigenvalue weighted by Gasteiger charge is -2.22. The van der Waals surface area contributed by atoms with Crippen LogP contribution in [0.2, 0.25) is 0 Å². The lowest BCUT2D eigenvalue weighted by atomic mass is 9.92. The van der Waals surface area contributed by atoms with Gasteiger partial charge in [0.2, 0.25) is 0 Å². The Hall–Kier alpha value is -3.73. The second-order valence-electron chi connectivity index (χ2n) is 9.04. The number of urea groups is 1. The highest BCUT2D eigenvalue weighted by Crippen LogP contribution is 2.35. The van der Waals surface area contributed by atoms with Crippen LogP contribution in [-0.2, 0) is 22.1 Å². The second-order valence-corrected chi connectivity index (χ2v) is 9.04. The molecule has 1 aromatic heterocycles. The summed E-state index contributed by atoms with van der Waals surface area (Å²) < 4.78 is 46.3. The van der Waals surface area contributed by atoms with Crippen LogP contribution in [-0.4, -0.2) is 33.9 Å². The number of aryl methyl sites for hydroxylation is 1. The van der Waals surface area contributed by atoms with Gasteiger partial charge in [-0.2, -0.15) is 13.2 Å². The smallest absolute Gasteiger partial charge is 0.416 e. The monoisotopic (exact) mass is 503 g/mol. The van der Waals surface area contributed by atoms with Gasteiger partial charge in [0.15, 0.2) is 11.6 Å². The van der Waals surface area contributed by atoms with Crippen molar-refractivity contribution in [2.45, 2.75) is 52.3 Å². The van der Waals surface area contributed by atoms with Crippen molar-refractivity contribution in [1.82, 2.24) is 9.97 Å². The first-order valence-corrected chi connectivity index (χ1v) is 11.3. The molecule has 1 aromatic carbocycles. The van der Waals surface area contributed by atoms with Gasteiger partial charge in [0, 0.05) is 23.7 Å². The molecule has 0 saturated heterocycles. The van der Waals surface area contributed by atoms with Crippen LogP contribution in [0.25, 0.3) is 5.57 Å². The lowest BCUT2D eigenvalue weighted by molar-refractivity contribution is -0.138. The molecule has 1 heterocycles. The molecule has 0 saturated carbocycles. The molecule has 0 radical (unpaired) electrons. The Balaban J connectivity index is 1.76. The maximum absolute atomic E-state index is 13.6. The highest BCUT2D eigenvalue weighted by Gasteiger charge is 2.34. The van der Waals surface area contributed by atoms with Crippen molar-refractivity contribution in [2.75, 3.05) is 17.2 Å². The van der Waals surface area contributed by atoms with Gasteiger partial charge in [0.25, 0.3) is 0 Å². The number of carbonyl (C=O) groups excluding carboxylic acids is 2. The quantitative estimate of drug-likeness (QED) is 0.489. The maximum atomic E-state index is 13.6. The number of ketones is 1. The minimum Gasteiger partial charge on any atom is -0.493 e. The zero-order chi connectivity index (χ0) is 26.7. The summed E-state index contributed by atoms with van der Waals surface area (Å²) in [5, 5.41) is 4.96. The van der Waals surface area contributed by atoms with Gasteiger partial charge in [-0.05, 0) is 51.8 Å². The van der Waals surface area contributed by atoms with Crippen LogP contribution >= 0.6 is 0 Å². The van der Waals surface area contributed by atoms with E-state index in [0.29, 0.717) is 29.5 Å². The number of aromatic nitrogens is 2. The zero-order valence-electron chi connectivity index (χ0n) is 20.4. The van der Waals surface area contributed by atoms with E-state index in [1.807, 2.05) is 0 Å². The van der Waals surface area contributed by atoms with Crippen molar-refractivity contribution in [3.05, 3.63) is 65.0 Å². The molecule has 0 unspecified atom stereocenters. The first-order chi connectivity index (χ1) is 16.8. The van der Waals surface area contributed by atoms with Crippen LogP contribution in [0.4, 0.5) is 29.3 Å². The van der Waals surface area contributed by atoms with Gasteiger partial charge < -0.3 is 21.1 Å². The number of hydrogen-bond acceptors (Lipinski definition) is 6. The van der Waals surface area contributed by atoms with Gasteiger partial charge in [0.1, 0.15) is 5.76 Å². The highest BCUT2D eigenvalue weighted by atomic mass is 19.4. The summed E-state index contributed by atoms with van der Waals surface area (Å²) in [6, 6.07) is 2.82. The van der Waals surface area contributed by atoms with Crippen molar-refractivity contribution in [1.29, 1.82) is 0 Å². The Labute approximate surface area is 206 Å². The van der Waals surface area contributed by atoms with Crippen molar-refractivity contribution >= 4 is 28.8 Å². The molecular weight excluding hydrogens is 475 g/mol. The number of rotatable bonds is 7. The summed E-state index contributed by atoms with van der Waals surface area (Å²) in [6.45, 7) is 7.07. The third-order valence-electron chi connectivity index (χ3n) is 5.15. The lowest BCUT2D eigenvalue weighted by Crippen LogP contribution is -2.35. The Morgan fingerprint density at radius 2 is 1.94 bits per heavy atom. The molecule has 0 aliphatic heterocycles. The predicted molar refractivity (Wildman–Crippen MR) is 130 cm³/mol. The normalized spacial score (nSPS) is 14.2. The number of anilines is 2. The third-order valence-corrected chi connectivity index (χ3v) is 5.15. The standard InChI is InChI=1S/C25H28F3N5O3/c1-5-36-21-11-17(34)8-9-18(21)22-30-13-20(14(2)31-22)33-23(35)32-16-7-6-15(12-24(3,4)29)19(10-16)25(26,27)28/h6-7,9-11,13H,5,8,12,29H2,1-4H3,(H2,32,33,35). The maximum Gasteiger partial charge on any atom is 0.416 e. The average molecular weight is 504 g/mol. The van der Waals surface area contributed by atoms with Gasteiger partial charge >= 0.3 is 12.2 Å². The summed E-state index contributed by atoms with van der Waals surface area (Å²) >= 11 is 0. The number of hydrogen-bond donors (Lipinski definition) is 3. The fourth-order valence-corrected chi connectivity index (χ4v) is 3.63. The van der Waals surface area contributed by atoms with Crippen LogP contribution < -0.4 is 16.4 Å². The van der Waals surface area contributed by atoms with Crippen molar-refractivity contribution in [3.8, 4) is 0 Å². The van der Waals surface area contributed by atoms with Crippen molar-refractivity contribution in [3.63, 3.8) is 0 Å². The van der Waals surface area contributed by atoms with Crippen LogP contribution in [0.1, 0.15) is 49.8 Å². The molecule has 0 bridgehead atoms. The van der Waals surface area contributed by atoms with Crippen LogP contribution in [0.3, 0.4) is 0 Å². The summed E-state index contributed by atoms with van der Waals surface area (Å²) in [4.78, 5) is 32.9.